The smallest absolute Gasteiger partial charge is 0.149 e. The number of rotatable bonds is 5. The van der Waals surface area contributed by atoms with E-state index in [1.165, 1.54) is 0 Å². The first-order chi connectivity index (χ1) is 9.47. The molecule has 0 unspecified atom stereocenters. The molecule has 2 aromatic rings. The molecule has 20 heavy (non-hydrogen) atoms. The zero-order valence-electron chi connectivity index (χ0n) is 12.6. The van der Waals surface area contributed by atoms with Crippen LogP contribution >= 0.6 is 0 Å². The van der Waals surface area contributed by atoms with E-state index in [4.69, 9.17) is 0 Å². The normalized spacial score (nSPS) is 11.3. The van der Waals surface area contributed by atoms with Gasteiger partial charge in [0.2, 0.25) is 0 Å². The number of benzene rings is 1. The average molecular weight is 275 g/mol. The highest BCUT2D eigenvalue weighted by Gasteiger charge is 2.09. The molecule has 1 aromatic heterocycles. The number of aryl methyl sites for hydroxylation is 2. The minimum absolute atomic E-state index is 0.236. The van der Waals surface area contributed by atoms with Crippen molar-refractivity contribution >= 4 is 0 Å². The Morgan fingerprint density at radius 3 is 2.55 bits per heavy atom. The van der Waals surface area contributed by atoms with Gasteiger partial charge < -0.3 is 5.32 Å². The fourth-order valence-electron chi connectivity index (χ4n) is 2.21. The summed E-state index contributed by atoms with van der Waals surface area (Å²) in [7, 11) is 0. The summed E-state index contributed by atoms with van der Waals surface area (Å²) in [6.45, 7) is 9.76. The van der Waals surface area contributed by atoms with Crippen molar-refractivity contribution in [2.45, 2.75) is 34.2 Å². The second-order valence-corrected chi connectivity index (χ2v) is 5.65. The van der Waals surface area contributed by atoms with Crippen LogP contribution in [0, 0.1) is 25.6 Å². The zero-order valence-corrected chi connectivity index (χ0v) is 12.6. The first-order valence-corrected chi connectivity index (χ1v) is 7.00. The van der Waals surface area contributed by atoms with Crippen LogP contribution in [0.25, 0.3) is 5.69 Å². The lowest BCUT2D eigenvalue weighted by atomic mass is 10.1. The fourth-order valence-corrected chi connectivity index (χ4v) is 2.21. The largest absolute Gasteiger partial charge is 0.312 e. The van der Waals surface area contributed by atoms with Gasteiger partial charge in [-0.15, -0.1) is 0 Å². The Labute approximate surface area is 119 Å². The van der Waals surface area contributed by atoms with Gasteiger partial charge in [0.05, 0.1) is 5.69 Å². The number of hydrogen-bond acceptors (Lipinski definition) is 2. The van der Waals surface area contributed by atoms with E-state index in [1.54, 1.807) is 16.8 Å². The third-order valence-electron chi connectivity index (χ3n) is 3.13. The SMILES string of the molecule is Cc1cc(C)n(-c2ccc(CNCC(C)C)cc2F)n1. The van der Waals surface area contributed by atoms with Crippen LogP contribution in [0.3, 0.4) is 0 Å². The summed E-state index contributed by atoms with van der Waals surface area (Å²) < 4.78 is 15.9. The van der Waals surface area contributed by atoms with E-state index in [0.29, 0.717) is 18.2 Å². The summed E-state index contributed by atoms with van der Waals surface area (Å²) in [6.07, 6.45) is 0. The van der Waals surface area contributed by atoms with Crippen LogP contribution in [0.5, 0.6) is 0 Å². The Morgan fingerprint density at radius 1 is 1.25 bits per heavy atom. The van der Waals surface area contributed by atoms with Crippen LogP contribution in [0.1, 0.15) is 30.8 Å². The molecular weight excluding hydrogens is 253 g/mol. The van der Waals surface area contributed by atoms with Gasteiger partial charge in [0.15, 0.2) is 0 Å². The Bertz CT molecular complexity index is 587. The molecule has 0 radical (unpaired) electrons. The van der Waals surface area contributed by atoms with Gasteiger partial charge in [-0.1, -0.05) is 19.9 Å². The van der Waals surface area contributed by atoms with Gasteiger partial charge in [0.25, 0.3) is 0 Å². The van der Waals surface area contributed by atoms with Crippen LogP contribution in [0.4, 0.5) is 4.39 Å². The minimum atomic E-state index is -0.236. The number of nitrogens with zero attached hydrogens (tertiary/aromatic N) is 2. The Kier molecular flexibility index (Phi) is 4.55. The summed E-state index contributed by atoms with van der Waals surface area (Å²) in [5.41, 5.74) is 3.29. The predicted octanol–water partition coefficient (Wildman–Crippen LogP) is 3.37. The first-order valence-electron chi connectivity index (χ1n) is 7.00. The molecule has 0 spiro atoms. The highest BCUT2D eigenvalue weighted by Crippen LogP contribution is 2.17. The van der Waals surface area contributed by atoms with Crippen molar-refractivity contribution < 1.29 is 4.39 Å². The van der Waals surface area contributed by atoms with Gasteiger partial charge in [-0.25, -0.2) is 9.07 Å². The number of hydrogen-bond donors (Lipinski definition) is 1. The maximum atomic E-state index is 14.2. The van der Waals surface area contributed by atoms with Gasteiger partial charge in [0, 0.05) is 12.2 Å². The molecule has 0 atom stereocenters. The number of aromatic nitrogens is 2. The quantitative estimate of drug-likeness (QED) is 0.906. The van der Waals surface area contributed by atoms with E-state index in [0.717, 1.165) is 23.5 Å². The Hall–Kier alpha value is -1.68. The molecule has 0 amide bonds. The van der Waals surface area contributed by atoms with Crippen LogP contribution < -0.4 is 5.32 Å². The van der Waals surface area contributed by atoms with Crippen LogP contribution in [0.15, 0.2) is 24.3 Å². The van der Waals surface area contributed by atoms with E-state index in [9.17, 15) is 4.39 Å². The van der Waals surface area contributed by atoms with Gasteiger partial charge in [-0.05, 0) is 50.1 Å². The van der Waals surface area contributed by atoms with Gasteiger partial charge in [0.1, 0.15) is 11.5 Å². The maximum Gasteiger partial charge on any atom is 0.149 e. The second kappa shape index (κ2) is 6.18. The van der Waals surface area contributed by atoms with Crippen molar-refractivity contribution in [1.29, 1.82) is 0 Å². The lowest BCUT2D eigenvalue weighted by Crippen LogP contribution is -2.19. The molecule has 1 aromatic carbocycles. The average Bonchev–Trinajstić information content (AvgIpc) is 2.68. The molecule has 1 heterocycles. The van der Waals surface area contributed by atoms with Crippen LogP contribution in [0.2, 0.25) is 0 Å². The highest BCUT2D eigenvalue weighted by atomic mass is 19.1. The van der Waals surface area contributed by atoms with E-state index in [1.807, 2.05) is 26.0 Å². The fraction of sp³-hybridized carbons (Fsp3) is 0.438. The third kappa shape index (κ3) is 3.45. The van der Waals surface area contributed by atoms with Crippen LogP contribution in [-0.2, 0) is 6.54 Å². The van der Waals surface area contributed by atoms with Gasteiger partial charge in [-0.2, -0.15) is 5.10 Å². The second-order valence-electron chi connectivity index (χ2n) is 5.65. The van der Waals surface area contributed by atoms with Crippen molar-refractivity contribution in [2.75, 3.05) is 6.54 Å². The molecule has 0 aliphatic heterocycles. The molecule has 0 saturated carbocycles. The number of nitrogens with one attached hydrogen (secondary N) is 1. The van der Waals surface area contributed by atoms with E-state index in [2.05, 4.69) is 24.3 Å². The third-order valence-corrected chi connectivity index (χ3v) is 3.13. The molecule has 0 aliphatic rings. The van der Waals surface area contributed by atoms with Crippen molar-refractivity contribution in [2.24, 2.45) is 5.92 Å². The standard InChI is InChI=1S/C16H22FN3/c1-11(2)9-18-10-14-5-6-16(15(17)8-14)20-13(4)7-12(3)19-20/h5-8,11,18H,9-10H2,1-4H3. The van der Waals surface area contributed by atoms with E-state index >= 15 is 0 Å². The molecular formula is C16H22FN3. The lowest BCUT2D eigenvalue weighted by molar-refractivity contribution is 0.549. The molecule has 0 bridgehead atoms. The van der Waals surface area contributed by atoms with Crippen molar-refractivity contribution in [3.05, 3.63) is 47.0 Å². The minimum Gasteiger partial charge on any atom is -0.312 e. The summed E-state index contributed by atoms with van der Waals surface area (Å²) in [6, 6.07) is 7.26. The topological polar surface area (TPSA) is 29.9 Å². The number of halogens is 1. The highest BCUT2D eigenvalue weighted by molar-refractivity contribution is 5.37. The van der Waals surface area contributed by atoms with E-state index < -0.39 is 0 Å². The van der Waals surface area contributed by atoms with Crippen LogP contribution in [-0.4, -0.2) is 16.3 Å². The molecule has 2 rings (SSSR count). The molecule has 3 nitrogen and oxygen atoms in total. The van der Waals surface area contributed by atoms with Crippen molar-refractivity contribution in [1.82, 2.24) is 15.1 Å². The molecule has 0 saturated heterocycles. The monoisotopic (exact) mass is 275 g/mol. The van der Waals surface area contributed by atoms with Gasteiger partial charge >= 0.3 is 0 Å². The Morgan fingerprint density at radius 2 is 2.00 bits per heavy atom. The predicted molar refractivity (Wildman–Crippen MR) is 79.5 cm³/mol. The molecule has 0 fully saturated rings. The lowest BCUT2D eigenvalue weighted by Gasteiger charge is -2.10. The maximum absolute atomic E-state index is 14.2. The van der Waals surface area contributed by atoms with Gasteiger partial charge in [-0.3, -0.25) is 0 Å². The van der Waals surface area contributed by atoms with E-state index in [-0.39, 0.29) is 5.82 Å². The summed E-state index contributed by atoms with van der Waals surface area (Å²) in [4.78, 5) is 0. The van der Waals surface area contributed by atoms with Crippen molar-refractivity contribution in [3.8, 4) is 5.69 Å². The summed E-state index contributed by atoms with van der Waals surface area (Å²) >= 11 is 0. The summed E-state index contributed by atoms with van der Waals surface area (Å²) in [5, 5.41) is 7.63. The first kappa shape index (κ1) is 14.7. The van der Waals surface area contributed by atoms with Crippen molar-refractivity contribution in [3.63, 3.8) is 0 Å². The molecule has 108 valence electrons. The molecule has 1 N–H and O–H groups in total. The molecule has 4 heteroatoms. The zero-order chi connectivity index (χ0) is 14.7. The molecule has 0 aliphatic carbocycles. The Balaban J connectivity index is 2.16. The summed E-state index contributed by atoms with van der Waals surface area (Å²) in [5.74, 6) is 0.355.